The van der Waals surface area contributed by atoms with E-state index in [0.717, 1.165) is 19.3 Å². The lowest BCUT2D eigenvalue weighted by Gasteiger charge is -2.31. The Kier molecular flexibility index (Phi) is 6.24. The number of amides is 2. The minimum Gasteiger partial charge on any atom is -0.396 e. The van der Waals surface area contributed by atoms with Gasteiger partial charge in [-0.3, -0.25) is 9.59 Å². The number of rotatable bonds is 5. The van der Waals surface area contributed by atoms with Crippen molar-refractivity contribution in [3.8, 4) is 0 Å². The van der Waals surface area contributed by atoms with Crippen LogP contribution < -0.4 is 5.32 Å². The molecule has 0 radical (unpaired) electrons. The van der Waals surface area contributed by atoms with Crippen LogP contribution in [-0.2, 0) is 6.42 Å². The van der Waals surface area contributed by atoms with Crippen LogP contribution in [0.2, 0.25) is 0 Å². The zero-order valence-corrected chi connectivity index (χ0v) is 15.6. The minimum atomic E-state index is -0.189. The highest BCUT2D eigenvalue weighted by Gasteiger charge is 2.23. The summed E-state index contributed by atoms with van der Waals surface area (Å²) < 4.78 is 0. The summed E-state index contributed by atoms with van der Waals surface area (Å²) in [5.41, 5.74) is 2.95. The molecule has 5 nitrogen and oxygen atoms in total. The second-order valence-electron chi connectivity index (χ2n) is 7.00. The molecular weight excluding hydrogens is 340 g/mol. The van der Waals surface area contributed by atoms with E-state index in [1.807, 2.05) is 29.2 Å². The maximum Gasteiger partial charge on any atom is 0.255 e. The van der Waals surface area contributed by atoms with Crippen molar-refractivity contribution >= 4 is 17.5 Å². The number of carbonyl (C=O) groups excluding carboxylic acids is 2. The Balaban J connectivity index is 1.66. The standard InChI is InChI=1S/C22H26N2O3/c1-2-16-6-8-18(9-7-16)21(26)23-20-5-3-4-19(14-20)22(27)24-12-10-17(15-25)11-13-24/h3-9,14,17,25H,2,10-13,15H2,1H3,(H,23,26). The molecule has 0 atom stereocenters. The van der Waals surface area contributed by atoms with Crippen molar-refractivity contribution in [3.63, 3.8) is 0 Å². The van der Waals surface area contributed by atoms with Crippen molar-refractivity contribution in [1.29, 1.82) is 0 Å². The summed E-state index contributed by atoms with van der Waals surface area (Å²) in [6.07, 6.45) is 2.58. The minimum absolute atomic E-state index is 0.0326. The highest BCUT2D eigenvalue weighted by atomic mass is 16.3. The first-order valence-electron chi connectivity index (χ1n) is 9.51. The zero-order valence-electron chi connectivity index (χ0n) is 15.6. The predicted molar refractivity (Wildman–Crippen MR) is 106 cm³/mol. The molecule has 0 bridgehead atoms. The number of nitrogens with zero attached hydrogens (tertiary/aromatic N) is 1. The van der Waals surface area contributed by atoms with Gasteiger partial charge >= 0.3 is 0 Å². The summed E-state index contributed by atoms with van der Waals surface area (Å²) in [5.74, 6) is 0.0690. The number of nitrogens with one attached hydrogen (secondary N) is 1. The molecule has 5 heteroatoms. The average molecular weight is 366 g/mol. The first-order chi connectivity index (χ1) is 13.1. The summed E-state index contributed by atoms with van der Waals surface area (Å²) in [6, 6.07) is 14.6. The highest BCUT2D eigenvalue weighted by Crippen LogP contribution is 2.20. The van der Waals surface area contributed by atoms with E-state index in [-0.39, 0.29) is 18.4 Å². The Labute approximate surface area is 160 Å². The smallest absolute Gasteiger partial charge is 0.255 e. The fourth-order valence-electron chi connectivity index (χ4n) is 3.33. The van der Waals surface area contributed by atoms with Crippen molar-refractivity contribution in [2.45, 2.75) is 26.2 Å². The second-order valence-corrected chi connectivity index (χ2v) is 7.00. The molecule has 2 N–H and O–H groups in total. The number of hydrogen-bond donors (Lipinski definition) is 2. The van der Waals surface area contributed by atoms with E-state index < -0.39 is 0 Å². The van der Waals surface area contributed by atoms with Crippen LogP contribution >= 0.6 is 0 Å². The molecular formula is C22H26N2O3. The van der Waals surface area contributed by atoms with E-state index in [1.54, 1.807) is 24.3 Å². The predicted octanol–water partition coefficient (Wildman–Crippen LogP) is 3.35. The Bertz CT molecular complexity index is 793. The molecule has 1 aliphatic heterocycles. The molecule has 0 saturated carbocycles. The maximum atomic E-state index is 12.7. The van der Waals surface area contributed by atoms with Crippen molar-refractivity contribution in [2.75, 3.05) is 25.0 Å². The third kappa shape index (κ3) is 4.74. The number of likely N-dealkylation sites (tertiary alicyclic amines) is 1. The fraction of sp³-hybridized carbons (Fsp3) is 0.364. The van der Waals surface area contributed by atoms with Gasteiger partial charge in [0.25, 0.3) is 11.8 Å². The lowest BCUT2D eigenvalue weighted by atomic mass is 9.97. The van der Waals surface area contributed by atoms with Crippen LogP contribution in [0.4, 0.5) is 5.69 Å². The largest absolute Gasteiger partial charge is 0.396 e. The van der Waals surface area contributed by atoms with Crippen molar-refractivity contribution < 1.29 is 14.7 Å². The Morgan fingerprint density at radius 1 is 1.07 bits per heavy atom. The molecule has 1 heterocycles. The summed E-state index contributed by atoms with van der Waals surface area (Å²) in [5, 5.41) is 12.1. The maximum absolute atomic E-state index is 12.7. The van der Waals surface area contributed by atoms with Gasteiger partial charge in [0.15, 0.2) is 0 Å². The second kappa shape index (κ2) is 8.82. The third-order valence-electron chi connectivity index (χ3n) is 5.15. The van der Waals surface area contributed by atoms with Crippen molar-refractivity contribution in [1.82, 2.24) is 4.90 Å². The van der Waals surface area contributed by atoms with Gasteiger partial charge in [0.1, 0.15) is 0 Å². The number of anilines is 1. The third-order valence-corrected chi connectivity index (χ3v) is 5.15. The zero-order chi connectivity index (χ0) is 19.2. The van der Waals surface area contributed by atoms with Gasteiger partial charge < -0.3 is 15.3 Å². The first kappa shape index (κ1) is 19.1. The van der Waals surface area contributed by atoms with Gasteiger partial charge in [-0.05, 0) is 61.1 Å². The van der Waals surface area contributed by atoms with Crippen LogP contribution in [0, 0.1) is 5.92 Å². The number of piperidine rings is 1. The number of aliphatic hydroxyl groups is 1. The number of hydrogen-bond acceptors (Lipinski definition) is 3. The van der Waals surface area contributed by atoms with E-state index in [1.165, 1.54) is 5.56 Å². The van der Waals surface area contributed by atoms with Gasteiger partial charge in [0.2, 0.25) is 0 Å². The Morgan fingerprint density at radius 3 is 2.41 bits per heavy atom. The van der Waals surface area contributed by atoms with Crippen LogP contribution in [0.1, 0.15) is 46.0 Å². The van der Waals surface area contributed by atoms with E-state index >= 15 is 0 Å². The molecule has 2 aromatic carbocycles. The van der Waals surface area contributed by atoms with Gasteiger partial charge in [-0.15, -0.1) is 0 Å². The lowest BCUT2D eigenvalue weighted by Crippen LogP contribution is -2.39. The van der Waals surface area contributed by atoms with Gasteiger partial charge in [-0.25, -0.2) is 0 Å². The van der Waals surface area contributed by atoms with Crippen LogP contribution in [0.3, 0.4) is 0 Å². The summed E-state index contributed by atoms with van der Waals surface area (Å²) in [6.45, 7) is 3.57. The van der Waals surface area contributed by atoms with E-state index in [4.69, 9.17) is 0 Å². The number of benzene rings is 2. The molecule has 142 valence electrons. The molecule has 3 rings (SSSR count). The molecule has 2 aromatic rings. The molecule has 1 saturated heterocycles. The van der Waals surface area contributed by atoms with Crippen molar-refractivity contribution in [2.24, 2.45) is 5.92 Å². The van der Waals surface area contributed by atoms with Crippen LogP contribution in [-0.4, -0.2) is 41.5 Å². The average Bonchev–Trinajstić information content (AvgIpc) is 2.73. The Morgan fingerprint density at radius 2 is 1.78 bits per heavy atom. The number of carbonyl (C=O) groups is 2. The first-order valence-corrected chi connectivity index (χ1v) is 9.51. The SMILES string of the molecule is CCc1ccc(C(=O)Nc2cccc(C(=O)N3CCC(CO)CC3)c2)cc1. The van der Waals surface area contributed by atoms with E-state index in [9.17, 15) is 14.7 Å². The summed E-state index contributed by atoms with van der Waals surface area (Å²) >= 11 is 0. The number of aliphatic hydroxyl groups excluding tert-OH is 1. The Hall–Kier alpha value is -2.66. The molecule has 27 heavy (non-hydrogen) atoms. The summed E-state index contributed by atoms with van der Waals surface area (Å²) in [4.78, 5) is 27.0. The quantitative estimate of drug-likeness (QED) is 0.853. The van der Waals surface area contributed by atoms with E-state index in [0.29, 0.717) is 35.8 Å². The van der Waals surface area contributed by atoms with Gasteiger partial charge in [0, 0.05) is 36.5 Å². The van der Waals surface area contributed by atoms with Crippen LogP contribution in [0.15, 0.2) is 48.5 Å². The molecule has 0 aliphatic carbocycles. The molecule has 1 aliphatic rings. The fourth-order valence-corrected chi connectivity index (χ4v) is 3.33. The van der Waals surface area contributed by atoms with Crippen molar-refractivity contribution in [3.05, 3.63) is 65.2 Å². The molecule has 1 fully saturated rings. The van der Waals surface area contributed by atoms with Crippen LogP contribution in [0.25, 0.3) is 0 Å². The topological polar surface area (TPSA) is 69.6 Å². The molecule has 0 unspecified atom stereocenters. The lowest BCUT2D eigenvalue weighted by molar-refractivity contribution is 0.0650. The monoisotopic (exact) mass is 366 g/mol. The van der Waals surface area contributed by atoms with E-state index in [2.05, 4.69) is 12.2 Å². The highest BCUT2D eigenvalue weighted by molar-refractivity contribution is 6.05. The normalized spacial score (nSPS) is 14.8. The van der Waals surface area contributed by atoms with Crippen LogP contribution in [0.5, 0.6) is 0 Å². The van der Waals surface area contributed by atoms with Gasteiger partial charge in [-0.2, -0.15) is 0 Å². The summed E-state index contributed by atoms with van der Waals surface area (Å²) in [7, 11) is 0. The molecule has 0 spiro atoms. The van der Waals surface area contributed by atoms with Gasteiger partial charge in [0.05, 0.1) is 0 Å². The van der Waals surface area contributed by atoms with Gasteiger partial charge in [-0.1, -0.05) is 25.1 Å². The molecule has 2 amide bonds. The number of aryl methyl sites for hydroxylation is 1. The molecule has 0 aromatic heterocycles.